The van der Waals surface area contributed by atoms with Crippen LogP contribution in [0.25, 0.3) is 0 Å². The normalized spacial score (nSPS) is 18.0. The molecule has 1 aromatic carbocycles. The molecule has 11 nitrogen and oxygen atoms in total. The van der Waals surface area contributed by atoms with Gasteiger partial charge in [-0.05, 0) is 63.6 Å². The molecule has 4 rings (SSSR count). The minimum absolute atomic E-state index is 0.000173. The number of nitrogens with zero attached hydrogens (tertiary/aromatic N) is 1. The van der Waals surface area contributed by atoms with Crippen molar-refractivity contribution in [2.45, 2.75) is 83.5 Å². The Balaban J connectivity index is 1.50. The number of carbonyl (C=O) groups is 4. The van der Waals surface area contributed by atoms with E-state index < -0.39 is 35.2 Å². The van der Waals surface area contributed by atoms with Gasteiger partial charge in [0.15, 0.2) is 0 Å². The molecule has 4 amide bonds. The highest BCUT2D eigenvalue weighted by Crippen LogP contribution is 2.37. The largest absolute Gasteiger partial charge is 0.444 e. The Kier molecular flexibility index (Phi) is 10.0. The molecule has 1 saturated carbocycles. The van der Waals surface area contributed by atoms with Gasteiger partial charge in [0.1, 0.15) is 17.3 Å². The van der Waals surface area contributed by atoms with Crippen molar-refractivity contribution < 1.29 is 23.9 Å². The van der Waals surface area contributed by atoms with Crippen molar-refractivity contribution in [3.05, 3.63) is 64.6 Å². The number of rotatable bonds is 12. The predicted molar refractivity (Wildman–Crippen MR) is 158 cm³/mol. The Morgan fingerprint density at radius 1 is 1.02 bits per heavy atom. The van der Waals surface area contributed by atoms with Crippen molar-refractivity contribution in [2.75, 3.05) is 11.9 Å². The van der Waals surface area contributed by atoms with Crippen LogP contribution in [0.4, 0.5) is 10.5 Å². The van der Waals surface area contributed by atoms with Crippen LogP contribution in [0.1, 0.15) is 70.9 Å². The van der Waals surface area contributed by atoms with Crippen molar-refractivity contribution >= 4 is 29.5 Å². The maximum absolute atomic E-state index is 13.8. The van der Waals surface area contributed by atoms with Crippen LogP contribution in [0.15, 0.2) is 53.5 Å². The zero-order valence-electron chi connectivity index (χ0n) is 24.5. The third-order valence-electron chi connectivity index (χ3n) is 7.34. The summed E-state index contributed by atoms with van der Waals surface area (Å²) in [5.41, 5.74) is -0.327. The van der Waals surface area contributed by atoms with Crippen LogP contribution in [-0.4, -0.2) is 46.6 Å². The number of pyridine rings is 1. The van der Waals surface area contributed by atoms with Gasteiger partial charge in [-0.3, -0.25) is 24.5 Å². The number of hydrogen-bond donors (Lipinski definition) is 4. The average Bonchev–Trinajstić information content (AvgIpc) is 3.66. The molecule has 0 spiro atoms. The summed E-state index contributed by atoms with van der Waals surface area (Å²) in [5.74, 6) is -0.767. The van der Waals surface area contributed by atoms with Crippen molar-refractivity contribution in [3.63, 3.8) is 0 Å². The molecule has 2 heterocycles. The zero-order chi connectivity index (χ0) is 30.3. The summed E-state index contributed by atoms with van der Waals surface area (Å²) in [7, 11) is 0. The molecular weight excluding hydrogens is 538 g/mol. The highest BCUT2D eigenvalue weighted by atomic mass is 16.6. The first-order valence-corrected chi connectivity index (χ1v) is 14.6. The summed E-state index contributed by atoms with van der Waals surface area (Å²) < 4.78 is 6.61. The van der Waals surface area contributed by atoms with Crippen LogP contribution in [0.5, 0.6) is 0 Å². The van der Waals surface area contributed by atoms with Crippen LogP contribution in [-0.2, 0) is 25.7 Å². The highest BCUT2D eigenvalue weighted by Gasteiger charge is 2.34. The Hall–Kier alpha value is -4.15. The topological polar surface area (TPSA) is 148 Å². The second-order valence-corrected chi connectivity index (χ2v) is 12.1. The van der Waals surface area contributed by atoms with E-state index in [1.165, 1.54) is 16.8 Å². The third kappa shape index (κ3) is 9.19. The van der Waals surface area contributed by atoms with Crippen LogP contribution in [0.3, 0.4) is 0 Å². The van der Waals surface area contributed by atoms with Crippen molar-refractivity contribution in [1.82, 2.24) is 20.5 Å². The Labute approximate surface area is 245 Å². The fourth-order valence-corrected chi connectivity index (χ4v) is 5.08. The van der Waals surface area contributed by atoms with E-state index >= 15 is 0 Å². The molecule has 0 unspecified atom stereocenters. The highest BCUT2D eigenvalue weighted by molar-refractivity contribution is 5.85. The molecule has 2 aromatic rings. The smallest absolute Gasteiger partial charge is 0.412 e. The fourth-order valence-electron chi connectivity index (χ4n) is 5.08. The number of nitrogens with one attached hydrogen (secondary N) is 4. The van der Waals surface area contributed by atoms with Gasteiger partial charge in [-0.2, -0.15) is 0 Å². The van der Waals surface area contributed by atoms with Gasteiger partial charge in [0, 0.05) is 37.7 Å². The number of hydrogen-bond acceptors (Lipinski definition) is 6. The van der Waals surface area contributed by atoms with E-state index in [1.807, 2.05) is 30.3 Å². The number of ether oxygens (including phenoxy) is 1. The van der Waals surface area contributed by atoms with Gasteiger partial charge in [-0.1, -0.05) is 43.2 Å². The number of benzene rings is 1. The molecule has 1 aliphatic carbocycles. The van der Waals surface area contributed by atoms with Gasteiger partial charge < -0.3 is 25.3 Å². The molecule has 0 bridgehead atoms. The predicted octanol–water partition coefficient (Wildman–Crippen LogP) is 3.25. The Morgan fingerprint density at radius 2 is 1.76 bits per heavy atom. The van der Waals surface area contributed by atoms with E-state index in [0.717, 1.165) is 18.4 Å². The first-order valence-electron chi connectivity index (χ1n) is 14.6. The summed E-state index contributed by atoms with van der Waals surface area (Å²) >= 11 is 0. The zero-order valence-corrected chi connectivity index (χ0v) is 24.5. The summed E-state index contributed by atoms with van der Waals surface area (Å²) in [5, 5.41) is 11.2. The second-order valence-electron chi connectivity index (χ2n) is 12.1. The molecule has 0 radical (unpaired) electrons. The second kappa shape index (κ2) is 13.7. The molecule has 2 fully saturated rings. The van der Waals surface area contributed by atoms with Gasteiger partial charge in [0.2, 0.25) is 17.7 Å². The molecule has 226 valence electrons. The SMILES string of the molecule is CC(C)(C)OC(=O)Nc1cccn([C@@H](CC2CC2)C(=O)N[C@H](CC(=O)NCc2ccccc2)C[C@@H]2CCNC2=O)c1=O. The number of aromatic nitrogens is 1. The van der Waals surface area contributed by atoms with E-state index in [0.29, 0.717) is 38.3 Å². The number of anilines is 1. The van der Waals surface area contributed by atoms with E-state index in [2.05, 4.69) is 21.3 Å². The lowest BCUT2D eigenvalue weighted by molar-refractivity contribution is -0.128. The summed E-state index contributed by atoms with van der Waals surface area (Å²) in [6.45, 7) is 6.07. The molecule has 1 aliphatic heterocycles. The Morgan fingerprint density at radius 3 is 2.40 bits per heavy atom. The van der Waals surface area contributed by atoms with Crippen LogP contribution < -0.4 is 26.8 Å². The van der Waals surface area contributed by atoms with Gasteiger partial charge in [-0.25, -0.2) is 4.79 Å². The first-order chi connectivity index (χ1) is 20.0. The minimum atomic E-state index is -0.849. The first kappa shape index (κ1) is 30.8. The molecule has 1 saturated heterocycles. The van der Waals surface area contributed by atoms with Gasteiger partial charge in [-0.15, -0.1) is 0 Å². The maximum Gasteiger partial charge on any atom is 0.412 e. The standard InChI is InChI=1S/C31H41N5O6/c1-31(2,3)42-30(41)35-24-10-7-15-36(29(24)40)25(16-20-11-12-20)28(39)34-23(17-22-13-14-32-27(22)38)18-26(37)33-19-21-8-5-4-6-9-21/h4-10,15,20,22-23,25H,11-14,16-19H2,1-3H3,(H,32,38)(H,33,37)(H,34,39)(H,35,41)/t22-,23-,25-/m0/s1. The van der Waals surface area contributed by atoms with Gasteiger partial charge in [0.25, 0.3) is 5.56 Å². The molecule has 2 aliphatic rings. The molecule has 4 N–H and O–H groups in total. The average molecular weight is 580 g/mol. The lowest BCUT2D eigenvalue weighted by Gasteiger charge is -2.26. The molecule has 1 aromatic heterocycles. The van der Waals surface area contributed by atoms with Gasteiger partial charge >= 0.3 is 6.09 Å². The molecular formula is C31H41N5O6. The monoisotopic (exact) mass is 579 g/mol. The molecule has 3 atom stereocenters. The quantitative estimate of drug-likeness (QED) is 0.304. The van der Waals surface area contributed by atoms with E-state index in [4.69, 9.17) is 4.74 Å². The van der Waals surface area contributed by atoms with Crippen molar-refractivity contribution in [1.29, 1.82) is 0 Å². The van der Waals surface area contributed by atoms with Crippen LogP contribution in [0.2, 0.25) is 0 Å². The molecule has 42 heavy (non-hydrogen) atoms. The maximum atomic E-state index is 13.8. The van der Waals surface area contributed by atoms with E-state index in [-0.39, 0.29) is 29.8 Å². The summed E-state index contributed by atoms with van der Waals surface area (Å²) in [6.07, 6.45) is 4.05. The number of amides is 4. The van der Waals surface area contributed by atoms with Crippen molar-refractivity contribution in [3.8, 4) is 0 Å². The summed E-state index contributed by atoms with van der Waals surface area (Å²) in [6, 6.07) is 11.1. The van der Waals surface area contributed by atoms with E-state index in [9.17, 15) is 24.0 Å². The van der Waals surface area contributed by atoms with Crippen LogP contribution >= 0.6 is 0 Å². The van der Waals surface area contributed by atoms with Crippen molar-refractivity contribution in [2.24, 2.45) is 11.8 Å². The Bertz CT molecular complexity index is 1330. The van der Waals surface area contributed by atoms with Gasteiger partial charge in [0.05, 0.1) is 0 Å². The summed E-state index contributed by atoms with van der Waals surface area (Å²) in [4.78, 5) is 64.8. The van der Waals surface area contributed by atoms with Crippen LogP contribution in [0, 0.1) is 11.8 Å². The lowest BCUT2D eigenvalue weighted by atomic mass is 9.95. The number of carbonyl (C=O) groups excluding carboxylic acids is 4. The lowest BCUT2D eigenvalue weighted by Crippen LogP contribution is -2.45. The van der Waals surface area contributed by atoms with E-state index in [1.54, 1.807) is 26.8 Å². The fraction of sp³-hybridized carbons (Fsp3) is 0.516. The molecule has 11 heteroatoms. The minimum Gasteiger partial charge on any atom is -0.444 e. The third-order valence-corrected chi connectivity index (χ3v) is 7.34.